The lowest BCUT2D eigenvalue weighted by molar-refractivity contribution is -0.129. The summed E-state index contributed by atoms with van der Waals surface area (Å²) in [6, 6.07) is 10.3. The second-order valence-electron chi connectivity index (χ2n) is 4.30. The number of pyridine rings is 1. The van der Waals surface area contributed by atoms with Crippen molar-refractivity contribution in [2.24, 2.45) is 0 Å². The minimum Gasteiger partial charge on any atom is -0.481 e. The van der Waals surface area contributed by atoms with Crippen LogP contribution in [0, 0.1) is 0 Å². The molecule has 1 atom stereocenters. The summed E-state index contributed by atoms with van der Waals surface area (Å²) in [5.41, 5.74) is -0.135. The first-order chi connectivity index (χ1) is 9.16. The molecule has 2 heterocycles. The number of aliphatic hydroxyl groups is 1. The number of carbonyl (C=O) groups excluding carboxylic acids is 1. The van der Waals surface area contributed by atoms with Crippen LogP contribution in [0.2, 0.25) is 0 Å². The highest BCUT2D eigenvalue weighted by Crippen LogP contribution is 2.40. The van der Waals surface area contributed by atoms with E-state index in [1.54, 1.807) is 36.4 Å². The minimum atomic E-state index is -1.70. The maximum absolute atomic E-state index is 12.1. The summed E-state index contributed by atoms with van der Waals surface area (Å²) in [6.45, 7) is 0. The van der Waals surface area contributed by atoms with Gasteiger partial charge in [0.25, 0.3) is 5.91 Å². The highest BCUT2D eigenvalue weighted by Gasteiger charge is 2.46. The van der Waals surface area contributed by atoms with Crippen molar-refractivity contribution in [1.29, 1.82) is 0 Å². The van der Waals surface area contributed by atoms with Crippen LogP contribution in [-0.2, 0) is 10.4 Å². The van der Waals surface area contributed by atoms with Crippen molar-refractivity contribution >= 4 is 11.6 Å². The fourth-order valence-electron chi connectivity index (χ4n) is 2.24. The Balaban J connectivity index is 2.14. The van der Waals surface area contributed by atoms with Gasteiger partial charge in [-0.25, -0.2) is 4.98 Å². The Hall–Kier alpha value is -2.40. The molecule has 0 aliphatic carbocycles. The highest BCUT2D eigenvalue weighted by molar-refractivity contribution is 6.07. The van der Waals surface area contributed by atoms with Gasteiger partial charge in [0, 0.05) is 29.1 Å². The average Bonchev–Trinajstić information content (AvgIpc) is 2.72. The number of nitrogens with one attached hydrogen (secondary N) is 1. The van der Waals surface area contributed by atoms with E-state index in [2.05, 4.69) is 10.3 Å². The van der Waals surface area contributed by atoms with Gasteiger partial charge in [-0.05, 0) is 12.1 Å². The number of amides is 1. The topological polar surface area (TPSA) is 71.5 Å². The van der Waals surface area contributed by atoms with E-state index in [1.807, 2.05) is 0 Å². The maximum atomic E-state index is 12.1. The fourth-order valence-corrected chi connectivity index (χ4v) is 2.24. The van der Waals surface area contributed by atoms with Crippen LogP contribution in [-0.4, -0.2) is 23.1 Å². The van der Waals surface area contributed by atoms with E-state index in [0.717, 1.165) is 0 Å². The summed E-state index contributed by atoms with van der Waals surface area (Å²) in [4.78, 5) is 16.1. The number of hydrogen-bond acceptors (Lipinski definition) is 4. The summed E-state index contributed by atoms with van der Waals surface area (Å²) in [5.74, 6) is -0.0419. The molecule has 1 aliphatic rings. The van der Waals surface area contributed by atoms with Gasteiger partial charge in [-0.3, -0.25) is 4.79 Å². The van der Waals surface area contributed by atoms with E-state index in [4.69, 9.17) is 4.74 Å². The molecule has 1 unspecified atom stereocenters. The molecule has 1 aromatic carbocycles. The van der Waals surface area contributed by atoms with Crippen LogP contribution >= 0.6 is 0 Å². The Labute approximate surface area is 109 Å². The summed E-state index contributed by atoms with van der Waals surface area (Å²) in [5, 5.41) is 13.4. The van der Waals surface area contributed by atoms with Crippen LogP contribution in [0.3, 0.4) is 0 Å². The SMILES string of the molecule is COc1ccc(C2(O)C(=O)Nc3ccccc32)cn1. The second kappa shape index (κ2) is 4.07. The molecule has 0 bridgehead atoms. The molecule has 3 rings (SSSR count). The first-order valence-electron chi connectivity index (χ1n) is 5.80. The number of benzene rings is 1. The van der Waals surface area contributed by atoms with Crippen molar-refractivity contribution in [2.75, 3.05) is 12.4 Å². The number of methoxy groups -OCH3 is 1. The van der Waals surface area contributed by atoms with Crippen LogP contribution in [0.1, 0.15) is 11.1 Å². The second-order valence-corrected chi connectivity index (χ2v) is 4.30. The van der Waals surface area contributed by atoms with Gasteiger partial charge in [-0.1, -0.05) is 18.2 Å². The number of anilines is 1. The minimum absolute atomic E-state index is 0.413. The van der Waals surface area contributed by atoms with Crippen molar-refractivity contribution in [2.45, 2.75) is 5.60 Å². The Morgan fingerprint density at radius 1 is 1.26 bits per heavy atom. The van der Waals surface area contributed by atoms with Gasteiger partial charge in [-0.2, -0.15) is 0 Å². The Morgan fingerprint density at radius 3 is 2.74 bits per heavy atom. The van der Waals surface area contributed by atoms with Crippen molar-refractivity contribution in [3.63, 3.8) is 0 Å². The molecule has 0 saturated carbocycles. The molecule has 5 nitrogen and oxygen atoms in total. The Morgan fingerprint density at radius 2 is 2.05 bits per heavy atom. The normalized spacial score (nSPS) is 20.8. The molecule has 1 aromatic heterocycles. The van der Waals surface area contributed by atoms with Gasteiger partial charge < -0.3 is 15.2 Å². The first kappa shape index (κ1) is 11.7. The molecule has 0 saturated heterocycles. The predicted molar refractivity (Wildman–Crippen MR) is 68.9 cm³/mol. The van der Waals surface area contributed by atoms with Gasteiger partial charge in [0.15, 0.2) is 5.60 Å². The molecule has 1 aliphatic heterocycles. The number of nitrogens with zero attached hydrogens (tertiary/aromatic N) is 1. The first-order valence-corrected chi connectivity index (χ1v) is 5.80. The van der Waals surface area contributed by atoms with Crippen LogP contribution in [0.25, 0.3) is 0 Å². The molecule has 19 heavy (non-hydrogen) atoms. The molecule has 96 valence electrons. The molecule has 2 N–H and O–H groups in total. The molecule has 0 radical (unpaired) electrons. The zero-order chi connectivity index (χ0) is 13.5. The fraction of sp³-hybridized carbons (Fsp3) is 0.143. The molecule has 0 spiro atoms. The van der Waals surface area contributed by atoms with Gasteiger partial charge in [0.2, 0.25) is 5.88 Å². The van der Waals surface area contributed by atoms with Crippen molar-refractivity contribution in [1.82, 2.24) is 4.98 Å². The summed E-state index contributed by atoms with van der Waals surface area (Å²) in [6.07, 6.45) is 1.44. The summed E-state index contributed by atoms with van der Waals surface area (Å²) < 4.78 is 4.97. The lowest BCUT2D eigenvalue weighted by atomic mass is 9.89. The number of ether oxygens (including phenoxy) is 1. The van der Waals surface area contributed by atoms with E-state index in [9.17, 15) is 9.90 Å². The average molecular weight is 256 g/mol. The predicted octanol–water partition coefficient (Wildman–Crippen LogP) is 1.28. The number of carbonyl (C=O) groups is 1. The zero-order valence-corrected chi connectivity index (χ0v) is 10.3. The van der Waals surface area contributed by atoms with E-state index < -0.39 is 11.5 Å². The van der Waals surface area contributed by atoms with Crippen molar-refractivity contribution in [3.8, 4) is 5.88 Å². The monoisotopic (exact) mass is 256 g/mol. The number of hydrogen-bond donors (Lipinski definition) is 2. The third-order valence-electron chi connectivity index (χ3n) is 3.26. The Kier molecular flexibility index (Phi) is 2.50. The largest absolute Gasteiger partial charge is 0.481 e. The van der Waals surface area contributed by atoms with E-state index in [1.165, 1.54) is 13.3 Å². The van der Waals surface area contributed by atoms with Crippen LogP contribution in [0.5, 0.6) is 5.88 Å². The van der Waals surface area contributed by atoms with Crippen LogP contribution in [0.15, 0.2) is 42.6 Å². The molecule has 1 amide bonds. The van der Waals surface area contributed by atoms with E-state index in [0.29, 0.717) is 22.7 Å². The number of rotatable bonds is 2. The standard InChI is InChI=1S/C14H12N2O3/c1-19-12-7-6-9(8-15-12)14(18)10-4-2-3-5-11(10)16-13(14)17/h2-8,18H,1H3,(H,16,17). The summed E-state index contributed by atoms with van der Waals surface area (Å²) in [7, 11) is 1.51. The lowest BCUT2D eigenvalue weighted by Crippen LogP contribution is -2.35. The van der Waals surface area contributed by atoms with Crippen LogP contribution in [0.4, 0.5) is 5.69 Å². The molecule has 0 fully saturated rings. The maximum Gasteiger partial charge on any atom is 0.265 e. The Bertz CT molecular complexity index is 639. The third-order valence-corrected chi connectivity index (χ3v) is 3.26. The van der Waals surface area contributed by atoms with Gasteiger partial charge >= 0.3 is 0 Å². The van der Waals surface area contributed by atoms with Gasteiger partial charge in [-0.15, -0.1) is 0 Å². The number of fused-ring (bicyclic) bond motifs is 1. The lowest BCUT2D eigenvalue weighted by Gasteiger charge is -2.20. The third kappa shape index (κ3) is 1.59. The van der Waals surface area contributed by atoms with Crippen molar-refractivity contribution < 1.29 is 14.6 Å². The summed E-state index contributed by atoms with van der Waals surface area (Å²) >= 11 is 0. The smallest absolute Gasteiger partial charge is 0.265 e. The molecule has 2 aromatic rings. The van der Waals surface area contributed by atoms with Gasteiger partial charge in [0.05, 0.1) is 7.11 Å². The molecule has 5 heteroatoms. The number of aromatic nitrogens is 1. The zero-order valence-electron chi connectivity index (χ0n) is 10.3. The highest BCUT2D eigenvalue weighted by atomic mass is 16.5. The molecular formula is C14H12N2O3. The van der Waals surface area contributed by atoms with Crippen molar-refractivity contribution in [3.05, 3.63) is 53.7 Å². The number of para-hydroxylation sites is 1. The molecular weight excluding hydrogens is 244 g/mol. The van der Waals surface area contributed by atoms with Gasteiger partial charge in [0.1, 0.15) is 0 Å². The van der Waals surface area contributed by atoms with E-state index in [-0.39, 0.29) is 0 Å². The quantitative estimate of drug-likeness (QED) is 0.849. The van der Waals surface area contributed by atoms with E-state index >= 15 is 0 Å². The van der Waals surface area contributed by atoms with Crippen LogP contribution < -0.4 is 10.1 Å².